The second-order valence-electron chi connectivity index (χ2n) is 8.89. The molecular formula is C30H29BrN2O3. The quantitative estimate of drug-likeness (QED) is 0.180. The van der Waals surface area contributed by atoms with Crippen molar-refractivity contribution in [3.63, 3.8) is 0 Å². The van der Waals surface area contributed by atoms with Crippen LogP contribution in [0, 0.1) is 6.92 Å². The maximum absolute atomic E-state index is 12.5. The molecule has 0 radical (unpaired) electrons. The molecule has 184 valence electrons. The monoisotopic (exact) mass is 544 g/mol. The Labute approximate surface area is 220 Å². The maximum atomic E-state index is 12.5. The van der Waals surface area contributed by atoms with Gasteiger partial charge in [-0.2, -0.15) is 5.10 Å². The Morgan fingerprint density at radius 3 is 2.61 bits per heavy atom. The first-order chi connectivity index (χ1) is 17.4. The molecule has 5 nitrogen and oxygen atoms in total. The second-order valence-corrected chi connectivity index (χ2v) is 9.81. The molecule has 0 saturated carbocycles. The molecule has 0 aliphatic rings. The Morgan fingerprint density at radius 1 is 0.972 bits per heavy atom. The summed E-state index contributed by atoms with van der Waals surface area (Å²) in [5.41, 5.74) is 6.57. The van der Waals surface area contributed by atoms with Crippen LogP contribution < -0.4 is 14.9 Å². The minimum absolute atomic E-state index is 0.123. The highest BCUT2D eigenvalue weighted by atomic mass is 79.9. The van der Waals surface area contributed by atoms with Crippen molar-refractivity contribution in [2.24, 2.45) is 5.10 Å². The average Bonchev–Trinajstić information content (AvgIpc) is 2.86. The average molecular weight is 545 g/mol. The lowest BCUT2D eigenvalue weighted by atomic mass is 10.0. The van der Waals surface area contributed by atoms with Crippen molar-refractivity contribution in [1.82, 2.24) is 5.43 Å². The summed E-state index contributed by atoms with van der Waals surface area (Å²) >= 11 is 3.50. The van der Waals surface area contributed by atoms with Gasteiger partial charge in [-0.15, -0.1) is 0 Å². The summed E-state index contributed by atoms with van der Waals surface area (Å²) in [4.78, 5) is 12.5. The summed E-state index contributed by atoms with van der Waals surface area (Å²) in [5.74, 6) is 1.37. The number of hydrogen-bond donors (Lipinski definition) is 1. The number of nitrogens with zero attached hydrogens (tertiary/aromatic N) is 1. The molecule has 0 aliphatic heterocycles. The number of aryl methyl sites for hydroxylation is 1. The van der Waals surface area contributed by atoms with Gasteiger partial charge in [0.1, 0.15) is 18.1 Å². The molecule has 6 heteroatoms. The normalized spacial score (nSPS) is 11.2. The van der Waals surface area contributed by atoms with E-state index in [-0.39, 0.29) is 12.5 Å². The fraction of sp³-hybridized carbons (Fsp3) is 0.200. The second kappa shape index (κ2) is 11.9. The van der Waals surface area contributed by atoms with Crippen LogP contribution in [0.2, 0.25) is 0 Å². The van der Waals surface area contributed by atoms with E-state index in [0.29, 0.717) is 18.3 Å². The fourth-order valence-corrected chi connectivity index (χ4v) is 4.36. The Kier molecular flexibility index (Phi) is 8.39. The lowest BCUT2D eigenvalue weighted by Gasteiger charge is -2.14. The van der Waals surface area contributed by atoms with Crippen LogP contribution in [0.1, 0.15) is 42.0 Å². The van der Waals surface area contributed by atoms with Crippen molar-refractivity contribution in [3.8, 4) is 11.5 Å². The number of halogens is 1. The van der Waals surface area contributed by atoms with Crippen molar-refractivity contribution in [3.05, 3.63) is 106 Å². The fourth-order valence-electron chi connectivity index (χ4n) is 3.91. The number of nitrogens with one attached hydrogen (secondary N) is 1. The number of carbonyl (C=O) groups excluding carboxylic acids is 1. The number of ether oxygens (including phenoxy) is 2. The number of benzene rings is 4. The van der Waals surface area contributed by atoms with Crippen molar-refractivity contribution in [2.45, 2.75) is 33.3 Å². The lowest BCUT2D eigenvalue weighted by Crippen LogP contribution is -2.25. The van der Waals surface area contributed by atoms with Crippen LogP contribution in [0.4, 0.5) is 0 Å². The van der Waals surface area contributed by atoms with E-state index in [0.717, 1.165) is 43.2 Å². The summed E-state index contributed by atoms with van der Waals surface area (Å²) in [5, 5.41) is 6.26. The van der Waals surface area contributed by atoms with Crippen LogP contribution in [0.15, 0.2) is 88.4 Å². The van der Waals surface area contributed by atoms with Gasteiger partial charge in [-0.3, -0.25) is 4.79 Å². The third kappa shape index (κ3) is 6.52. The lowest BCUT2D eigenvalue weighted by molar-refractivity contribution is -0.123. The van der Waals surface area contributed by atoms with Crippen molar-refractivity contribution >= 4 is 38.8 Å². The molecule has 0 bridgehead atoms. The Hall–Kier alpha value is -3.64. The van der Waals surface area contributed by atoms with Gasteiger partial charge >= 0.3 is 0 Å². The van der Waals surface area contributed by atoms with Crippen molar-refractivity contribution < 1.29 is 14.3 Å². The SMILES string of the molecule is Cc1ccc(C(C)C)c(OCC(=O)NN=Cc2c(OCc3cccc(Br)c3)ccc3ccccc23)c1. The first-order valence-corrected chi connectivity index (χ1v) is 12.6. The van der Waals surface area contributed by atoms with Gasteiger partial charge in [-0.05, 0) is 64.6 Å². The molecule has 0 fully saturated rings. The standard InChI is InChI=1S/C30H29BrN2O3/c1-20(2)25-13-11-21(3)15-29(25)36-19-30(34)33-32-17-27-26-10-5-4-8-23(26)12-14-28(27)35-18-22-7-6-9-24(31)16-22/h4-17,20H,18-19H2,1-3H3,(H,33,34). The number of carbonyl (C=O) groups is 1. The van der Waals surface area contributed by atoms with E-state index in [1.165, 1.54) is 0 Å². The molecule has 0 heterocycles. The van der Waals surface area contributed by atoms with Crippen LogP contribution in [0.5, 0.6) is 11.5 Å². The van der Waals surface area contributed by atoms with Crippen LogP contribution >= 0.6 is 15.9 Å². The summed E-state index contributed by atoms with van der Waals surface area (Å²) < 4.78 is 13.0. The molecule has 0 unspecified atom stereocenters. The zero-order valence-electron chi connectivity index (χ0n) is 20.6. The summed E-state index contributed by atoms with van der Waals surface area (Å²) in [6.07, 6.45) is 1.63. The number of rotatable bonds is 9. The third-order valence-corrected chi connectivity index (χ3v) is 6.24. The number of hydrazone groups is 1. The van der Waals surface area contributed by atoms with Gasteiger partial charge in [0.05, 0.1) is 6.21 Å². The molecule has 0 atom stereocenters. The van der Waals surface area contributed by atoms with Gasteiger partial charge in [0.25, 0.3) is 5.91 Å². The van der Waals surface area contributed by atoms with E-state index in [1.54, 1.807) is 6.21 Å². The minimum Gasteiger partial charge on any atom is -0.488 e. The first-order valence-electron chi connectivity index (χ1n) is 11.8. The Bertz CT molecular complexity index is 1400. The van der Waals surface area contributed by atoms with Crippen LogP contribution in [-0.4, -0.2) is 18.7 Å². The van der Waals surface area contributed by atoms with Gasteiger partial charge in [-0.25, -0.2) is 5.43 Å². The van der Waals surface area contributed by atoms with Crippen molar-refractivity contribution in [2.75, 3.05) is 6.61 Å². The van der Waals surface area contributed by atoms with Gasteiger partial charge < -0.3 is 9.47 Å². The number of amides is 1. The van der Waals surface area contributed by atoms with Gasteiger partial charge in [0.2, 0.25) is 0 Å². The summed E-state index contributed by atoms with van der Waals surface area (Å²) in [6.45, 7) is 6.49. The van der Waals surface area contributed by atoms with E-state index in [9.17, 15) is 4.79 Å². The largest absolute Gasteiger partial charge is 0.488 e. The molecule has 4 aromatic carbocycles. The highest BCUT2D eigenvalue weighted by Crippen LogP contribution is 2.28. The minimum atomic E-state index is -0.334. The molecule has 36 heavy (non-hydrogen) atoms. The molecule has 0 saturated heterocycles. The first kappa shape index (κ1) is 25.5. The molecule has 1 N–H and O–H groups in total. The van der Waals surface area contributed by atoms with Crippen molar-refractivity contribution in [1.29, 1.82) is 0 Å². The topological polar surface area (TPSA) is 59.9 Å². The zero-order chi connectivity index (χ0) is 25.5. The molecule has 0 spiro atoms. The van der Waals surface area contributed by atoms with E-state index >= 15 is 0 Å². The van der Waals surface area contributed by atoms with Crippen LogP contribution in [0.25, 0.3) is 10.8 Å². The zero-order valence-corrected chi connectivity index (χ0v) is 22.2. The Morgan fingerprint density at radius 2 is 1.81 bits per heavy atom. The third-order valence-electron chi connectivity index (χ3n) is 5.75. The molecule has 1 amide bonds. The van der Waals surface area contributed by atoms with Gasteiger partial charge in [0.15, 0.2) is 6.61 Å². The van der Waals surface area contributed by atoms with E-state index in [1.807, 2.05) is 85.8 Å². The number of fused-ring (bicyclic) bond motifs is 1. The van der Waals surface area contributed by atoms with Crippen LogP contribution in [0.3, 0.4) is 0 Å². The Balaban J connectivity index is 1.47. The molecule has 4 rings (SSSR count). The van der Waals surface area contributed by atoms with Gasteiger partial charge in [-0.1, -0.05) is 84.4 Å². The molecule has 0 aliphatic carbocycles. The highest BCUT2D eigenvalue weighted by Gasteiger charge is 2.11. The summed E-state index contributed by atoms with van der Waals surface area (Å²) in [6, 6.07) is 26.0. The van der Waals surface area contributed by atoms with E-state index in [4.69, 9.17) is 9.47 Å². The smallest absolute Gasteiger partial charge is 0.277 e. The van der Waals surface area contributed by atoms with E-state index in [2.05, 4.69) is 40.3 Å². The molecular weight excluding hydrogens is 516 g/mol. The van der Waals surface area contributed by atoms with E-state index < -0.39 is 0 Å². The summed E-state index contributed by atoms with van der Waals surface area (Å²) in [7, 11) is 0. The maximum Gasteiger partial charge on any atom is 0.277 e. The highest BCUT2D eigenvalue weighted by molar-refractivity contribution is 9.10. The molecule has 4 aromatic rings. The van der Waals surface area contributed by atoms with Crippen LogP contribution in [-0.2, 0) is 11.4 Å². The predicted octanol–water partition coefficient (Wildman–Crippen LogP) is 7.14. The van der Waals surface area contributed by atoms with Gasteiger partial charge in [0, 0.05) is 10.0 Å². The number of hydrogen-bond acceptors (Lipinski definition) is 4. The molecule has 0 aromatic heterocycles. The predicted molar refractivity (Wildman–Crippen MR) is 149 cm³/mol.